The van der Waals surface area contributed by atoms with Crippen LogP contribution in [-0.4, -0.2) is 85.4 Å². The quantitative estimate of drug-likeness (QED) is 0.486. The van der Waals surface area contributed by atoms with E-state index >= 15 is 0 Å². The molecule has 1 fully saturated rings. The van der Waals surface area contributed by atoms with E-state index < -0.39 is 32.1 Å². The number of aryl methyl sites for hydroxylation is 1. The molecule has 36 heavy (non-hydrogen) atoms. The molecule has 1 N–H and O–H groups in total. The second kappa shape index (κ2) is 10.6. The van der Waals surface area contributed by atoms with Gasteiger partial charge in [-0.15, -0.1) is 0 Å². The van der Waals surface area contributed by atoms with E-state index in [2.05, 4.69) is 5.32 Å². The van der Waals surface area contributed by atoms with Crippen LogP contribution in [0, 0.1) is 6.92 Å². The molecule has 0 radical (unpaired) electrons. The molecule has 0 saturated carbocycles. The molecule has 0 bridgehead atoms. The number of carbonyl (C=O) groups is 1. The van der Waals surface area contributed by atoms with Crippen LogP contribution in [0.2, 0.25) is 0 Å². The second-order valence-corrected chi connectivity index (χ2v) is 12.3. The number of hydrogen-bond donors (Lipinski definition) is 1. The van der Waals surface area contributed by atoms with Gasteiger partial charge in [0, 0.05) is 13.1 Å². The van der Waals surface area contributed by atoms with Gasteiger partial charge in [0.05, 0.1) is 43.1 Å². The fourth-order valence-corrected chi connectivity index (χ4v) is 6.23. The van der Waals surface area contributed by atoms with E-state index in [9.17, 15) is 21.6 Å². The molecule has 2 aromatic rings. The van der Waals surface area contributed by atoms with E-state index in [4.69, 9.17) is 14.2 Å². The smallest absolute Gasteiger partial charge is 0.263 e. The van der Waals surface area contributed by atoms with Crippen molar-refractivity contribution in [2.24, 2.45) is 0 Å². The molecular formula is C23H29N3O8S2. The third-order valence-electron chi connectivity index (χ3n) is 5.78. The third kappa shape index (κ3) is 5.91. The number of anilines is 1. The normalized spacial score (nSPS) is 18.7. The summed E-state index contributed by atoms with van der Waals surface area (Å²) in [6, 6.07) is 11.2. The van der Waals surface area contributed by atoms with Gasteiger partial charge in [-0.05, 0) is 48.9 Å². The molecule has 2 aliphatic rings. The fraction of sp³-hybridized carbons (Fsp3) is 0.435. The third-order valence-corrected chi connectivity index (χ3v) is 8.84. The lowest BCUT2D eigenvalue weighted by molar-refractivity contribution is -0.127. The Morgan fingerprint density at radius 1 is 1.08 bits per heavy atom. The molecule has 13 heteroatoms. The minimum atomic E-state index is -3.61. The van der Waals surface area contributed by atoms with Gasteiger partial charge in [-0.25, -0.2) is 16.8 Å². The van der Waals surface area contributed by atoms with E-state index in [1.54, 1.807) is 30.3 Å². The van der Waals surface area contributed by atoms with E-state index in [-0.39, 0.29) is 24.6 Å². The van der Waals surface area contributed by atoms with Crippen molar-refractivity contribution < 1.29 is 35.8 Å². The zero-order valence-electron chi connectivity index (χ0n) is 20.0. The minimum absolute atomic E-state index is 0.125. The molecule has 0 aromatic heterocycles. The summed E-state index contributed by atoms with van der Waals surface area (Å²) in [4.78, 5) is 12.8. The summed E-state index contributed by atoms with van der Waals surface area (Å²) in [5, 5.41) is 2.69. The molecule has 0 spiro atoms. The number of benzene rings is 2. The topological polar surface area (TPSA) is 132 Å². The lowest BCUT2D eigenvalue weighted by atomic mass is 10.1. The summed E-state index contributed by atoms with van der Waals surface area (Å²) in [6.07, 6.45) is 0.0737. The van der Waals surface area contributed by atoms with E-state index in [1.807, 2.05) is 6.92 Å². The summed E-state index contributed by atoms with van der Waals surface area (Å²) in [7, 11) is -7.19. The number of sulfonamides is 2. The monoisotopic (exact) mass is 539 g/mol. The molecule has 0 aliphatic carbocycles. The van der Waals surface area contributed by atoms with Crippen molar-refractivity contribution in [1.29, 1.82) is 0 Å². The van der Waals surface area contributed by atoms with Gasteiger partial charge >= 0.3 is 0 Å². The lowest BCUT2D eigenvalue weighted by Crippen LogP contribution is -2.51. The van der Waals surface area contributed by atoms with Crippen LogP contribution in [0.1, 0.15) is 5.56 Å². The van der Waals surface area contributed by atoms with Gasteiger partial charge in [0.1, 0.15) is 18.1 Å². The van der Waals surface area contributed by atoms with Crippen LogP contribution < -0.4 is 19.1 Å². The predicted octanol–water partition coefficient (Wildman–Crippen LogP) is 0.738. The maximum Gasteiger partial charge on any atom is 0.263 e. The molecule has 1 atom stereocenters. The first kappa shape index (κ1) is 26.2. The maximum absolute atomic E-state index is 12.7. The summed E-state index contributed by atoms with van der Waals surface area (Å²) in [5.74, 6) is 0.304. The SMILES string of the molecule is Cc1ccc2c(c1)N(S(C)(=O)=O)CC(C(=O)NCCOc1ccc(S(=O)(=O)N3CCOCC3)cc1)O2. The van der Waals surface area contributed by atoms with Crippen LogP contribution in [0.25, 0.3) is 0 Å². The Labute approximate surface area is 211 Å². The number of morpholine rings is 1. The van der Waals surface area contributed by atoms with Crippen molar-refractivity contribution in [2.75, 3.05) is 56.6 Å². The molecule has 2 aromatic carbocycles. The number of carbonyl (C=O) groups excluding carboxylic acids is 1. The highest BCUT2D eigenvalue weighted by atomic mass is 32.2. The number of hydrogen-bond acceptors (Lipinski definition) is 8. The first-order valence-corrected chi connectivity index (χ1v) is 14.7. The van der Waals surface area contributed by atoms with Gasteiger partial charge in [-0.3, -0.25) is 9.10 Å². The first-order valence-electron chi connectivity index (χ1n) is 11.4. The zero-order chi connectivity index (χ0) is 25.9. The lowest BCUT2D eigenvalue weighted by Gasteiger charge is -2.34. The molecule has 1 saturated heterocycles. The van der Waals surface area contributed by atoms with Gasteiger partial charge in [0.2, 0.25) is 20.0 Å². The summed E-state index contributed by atoms with van der Waals surface area (Å²) in [5.41, 5.74) is 1.28. The average molecular weight is 540 g/mol. The van der Waals surface area contributed by atoms with Gasteiger partial charge < -0.3 is 19.5 Å². The van der Waals surface area contributed by atoms with Crippen LogP contribution >= 0.6 is 0 Å². The van der Waals surface area contributed by atoms with Crippen molar-refractivity contribution >= 4 is 31.6 Å². The van der Waals surface area contributed by atoms with Crippen LogP contribution in [0.5, 0.6) is 11.5 Å². The number of amides is 1. The first-order chi connectivity index (χ1) is 17.1. The molecule has 4 rings (SSSR count). The molecule has 2 aliphatic heterocycles. The van der Waals surface area contributed by atoms with Crippen molar-refractivity contribution in [3.05, 3.63) is 48.0 Å². The number of fused-ring (bicyclic) bond motifs is 1. The highest BCUT2D eigenvalue weighted by Gasteiger charge is 2.35. The van der Waals surface area contributed by atoms with E-state index in [0.717, 1.165) is 11.8 Å². The molecular weight excluding hydrogens is 510 g/mol. The van der Waals surface area contributed by atoms with Gasteiger partial charge in [0.25, 0.3) is 5.91 Å². The molecule has 11 nitrogen and oxygen atoms in total. The van der Waals surface area contributed by atoms with E-state index in [0.29, 0.717) is 43.5 Å². The summed E-state index contributed by atoms with van der Waals surface area (Å²) >= 11 is 0. The Kier molecular flexibility index (Phi) is 7.73. The van der Waals surface area contributed by atoms with Gasteiger partial charge in [-0.1, -0.05) is 6.07 Å². The largest absolute Gasteiger partial charge is 0.492 e. The Morgan fingerprint density at radius 2 is 1.78 bits per heavy atom. The fourth-order valence-electron chi connectivity index (χ4n) is 3.91. The van der Waals surface area contributed by atoms with Crippen LogP contribution in [-0.2, 0) is 29.6 Å². The van der Waals surface area contributed by atoms with Crippen molar-refractivity contribution in [2.45, 2.75) is 17.9 Å². The number of nitrogens with zero attached hydrogens (tertiary/aromatic N) is 2. The molecule has 1 amide bonds. The van der Waals surface area contributed by atoms with Crippen LogP contribution in [0.3, 0.4) is 0 Å². The van der Waals surface area contributed by atoms with E-state index in [1.165, 1.54) is 20.7 Å². The zero-order valence-corrected chi connectivity index (χ0v) is 21.7. The van der Waals surface area contributed by atoms with Gasteiger partial charge in [0.15, 0.2) is 6.10 Å². The predicted molar refractivity (Wildman–Crippen MR) is 132 cm³/mol. The van der Waals surface area contributed by atoms with Crippen molar-refractivity contribution in [3.63, 3.8) is 0 Å². The molecule has 2 heterocycles. The highest BCUT2D eigenvalue weighted by Crippen LogP contribution is 2.35. The van der Waals surface area contributed by atoms with Crippen LogP contribution in [0.15, 0.2) is 47.4 Å². The summed E-state index contributed by atoms with van der Waals surface area (Å²) < 4.78 is 69.1. The maximum atomic E-state index is 12.7. The molecule has 1 unspecified atom stereocenters. The Bertz CT molecular complexity index is 1310. The minimum Gasteiger partial charge on any atom is -0.492 e. The number of nitrogens with one attached hydrogen (secondary N) is 1. The average Bonchev–Trinajstić information content (AvgIpc) is 2.86. The summed E-state index contributed by atoms with van der Waals surface area (Å²) in [6.45, 7) is 3.35. The highest BCUT2D eigenvalue weighted by molar-refractivity contribution is 7.92. The number of ether oxygens (including phenoxy) is 3. The Balaban J connectivity index is 1.30. The standard InChI is InChI=1S/C23H29N3O8S2/c1-17-3-8-21-20(15-17)26(35(2,28)29)16-22(34-21)23(27)24-9-12-33-18-4-6-19(7-5-18)36(30,31)25-10-13-32-14-11-25/h3-8,15,22H,9-14,16H2,1-2H3,(H,24,27). The van der Waals surface area contributed by atoms with Crippen LogP contribution in [0.4, 0.5) is 5.69 Å². The van der Waals surface area contributed by atoms with Gasteiger partial charge in [-0.2, -0.15) is 4.31 Å². The number of rotatable bonds is 8. The second-order valence-electron chi connectivity index (χ2n) is 8.50. The molecule has 196 valence electrons. The van der Waals surface area contributed by atoms with Crippen molar-refractivity contribution in [3.8, 4) is 11.5 Å². The van der Waals surface area contributed by atoms with Crippen molar-refractivity contribution in [1.82, 2.24) is 9.62 Å². The Morgan fingerprint density at radius 3 is 2.44 bits per heavy atom. The Hall–Kier alpha value is -2.87.